The maximum Gasteiger partial charge on any atom is 0.343 e. The van der Waals surface area contributed by atoms with E-state index in [4.69, 9.17) is 9.47 Å². The maximum atomic E-state index is 12.5. The Hall–Kier alpha value is -3.73. The summed E-state index contributed by atoms with van der Waals surface area (Å²) in [7, 11) is 0. The highest BCUT2D eigenvalue weighted by atomic mass is 16.5. The lowest BCUT2D eigenvalue weighted by Crippen LogP contribution is -2.11. The van der Waals surface area contributed by atoms with Crippen LogP contribution in [0.4, 0.5) is 0 Å². The minimum atomic E-state index is -0.516. The smallest absolute Gasteiger partial charge is 0.343 e. The predicted molar refractivity (Wildman–Crippen MR) is 132 cm³/mol. The molecule has 34 heavy (non-hydrogen) atoms. The fourth-order valence-corrected chi connectivity index (χ4v) is 3.63. The van der Waals surface area contributed by atoms with E-state index in [-0.39, 0.29) is 23.9 Å². The fraction of sp³-hybridized carbons (Fsp3) is 0.276. The molecule has 0 aliphatic rings. The number of aryl methyl sites for hydroxylation is 2. The van der Waals surface area contributed by atoms with Crippen LogP contribution in [0.1, 0.15) is 74.5 Å². The second-order valence-corrected chi connectivity index (χ2v) is 8.16. The van der Waals surface area contributed by atoms with Crippen LogP contribution in [0.2, 0.25) is 0 Å². The second kappa shape index (κ2) is 12.5. The molecule has 176 valence electrons. The van der Waals surface area contributed by atoms with Gasteiger partial charge in [0.05, 0.1) is 23.3 Å². The lowest BCUT2D eigenvalue weighted by molar-refractivity contribution is 0.0508. The summed E-state index contributed by atoms with van der Waals surface area (Å²) in [6.45, 7) is 4.39. The van der Waals surface area contributed by atoms with Gasteiger partial charge < -0.3 is 9.47 Å². The first kappa shape index (κ1) is 24.9. The van der Waals surface area contributed by atoms with Crippen molar-refractivity contribution in [2.24, 2.45) is 0 Å². The first-order valence-electron chi connectivity index (χ1n) is 11.7. The van der Waals surface area contributed by atoms with Gasteiger partial charge in [0.2, 0.25) is 0 Å². The minimum absolute atomic E-state index is 0.178. The van der Waals surface area contributed by atoms with Crippen molar-refractivity contribution in [2.45, 2.75) is 46.0 Å². The van der Waals surface area contributed by atoms with Crippen molar-refractivity contribution in [2.75, 3.05) is 6.61 Å². The molecule has 0 saturated heterocycles. The van der Waals surface area contributed by atoms with E-state index in [9.17, 15) is 14.4 Å². The summed E-state index contributed by atoms with van der Waals surface area (Å²) in [5, 5.41) is 0. The van der Waals surface area contributed by atoms with Crippen molar-refractivity contribution in [1.29, 1.82) is 0 Å². The molecule has 0 heterocycles. The summed E-state index contributed by atoms with van der Waals surface area (Å²) >= 11 is 0. The third-order valence-corrected chi connectivity index (χ3v) is 5.48. The third-order valence-electron chi connectivity index (χ3n) is 5.48. The number of carbonyl (C=O) groups excluding carboxylic acids is 3. The SMILES string of the molecule is CCCc1ccc(C(=O)OCCc2ccc(OC(=O)c3ccc(CCC)cc3)c(C=O)c2)cc1. The molecule has 0 spiro atoms. The fourth-order valence-electron chi connectivity index (χ4n) is 3.63. The van der Waals surface area contributed by atoms with Crippen LogP contribution >= 0.6 is 0 Å². The molecular weight excluding hydrogens is 428 g/mol. The van der Waals surface area contributed by atoms with Crippen LogP contribution in [0.3, 0.4) is 0 Å². The molecule has 0 radical (unpaired) electrons. The van der Waals surface area contributed by atoms with Gasteiger partial charge in [-0.2, -0.15) is 0 Å². The molecule has 0 atom stereocenters. The average Bonchev–Trinajstić information content (AvgIpc) is 2.86. The number of ether oxygens (including phenoxy) is 2. The lowest BCUT2D eigenvalue weighted by atomic mass is 10.1. The van der Waals surface area contributed by atoms with E-state index in [1.807, 2.05) is 24.3 Å². The first-order valence-corrected chi connectivity index (χ1v) is 11.7. The Morgan fingerprint density at radius 1 is 0.706 bits per heavy atom. The van der Waals surface area contributed by atoms with Gasteiger partial charge in [-0.15, -0.1) is 0 Å². The molecule has 3 aromatic rings. The maximum absolute atomic E-state index is 12.5. The molecule has 0 saturated carbocycles. The Kier molecular flexibility index (Phi) is 9.15. The van der Waals surface area contributed by atoms with Crippen molar-refractivity contribution in [3.63, 3.8) is 0 Å². The average molecular weight is 459 g/mol. The van der Waals surface area contributed by atoms with Crippen LogP contribution in [0.15, 0.2) is 66.7 Å². The molecule has 0 amide bonds. The standard InChI is InChI=1S/C29H30O5/c1-3-5-21-7-12-24(13-8-21)28(31)33-18-17-23-11-16-27(26(19-23)20-30)34-29(32)25-14-9-22(6-4-2)10-15-25/h7-16,19-20H,3-6,17-18H2,1-2H3. The van der Waals surface area contributed by atoms with Gasteiger partial charge >= 0.3 is 11.9 Å². The zero-order chi connectivity index (χ0) is 24.3. The monoisotopic (exact) mass is 458 g/mol. The van der Waals surface area contributed by atoms with Crippen LogP contribution in [0.25, 0.3) is 0 Å². The van der Waals surface area contributed by atoms with Gasteiger partial charge in [0.15, 0.2) is 6.29 Å². The van der Waals surface area contributed by atoms with Gasteiger partial charge in [-0.05, 0) is 65.9 Å². The summed E-state index contributed by atoms with van der Waals surface area (Å²) in [6.07, 6.45) is 5.10. The first-order chi connectivity index (χ1) is 16.5. The molecule has 5 heteroatoms. The molecule has 3 rings (SSSR count). The number of aldehydes is 1. The van der Waals surface area contributed by atoms with E-state index >= 15 is 0 Å². The summed E-state index contributed by atoms with van der Waals surface area (Å²) in [4.78, 5) is 36.3. The normalized spacial score (nSPS) is 10.5. The molecule has 0 aliphatic carbocycles. The van der Waals surface area contributed by atoms with Gasteiger partial charge in [0, 0.05) is 6.42 Å². The van der Waals surface area contributed by atoms with Gasteiger partial charge in [-0.25, -0.2) is 9.59 Å². The van der Waals surface area contributed by atoms with Crippen molar-refractivity contribution in [3.05, 3.63) is 100 Å². The highest BCUT2D eigenvalue weighted by Crippen LogP contribution is 2.21. The Bertz CT molecular complexity index is 1110. The second-order valence-electron chi connectivity index (χ2n) is 8.16. The van der Waals surface area contributed by atoms with Crippen molar-refractivity contribution < 1.29 is 23.9 Å². The zero-order valence-electron chi connectivity index (χ0n) is 19.7. The van der Waals surface area contributed by atoms with Crippen molar-refractivity contribution in [1.82, 2.24) is 0 Å². The van der Waals surface area contributed by atoms with E-state index < -0.39 is 5.97 Å². The summed E-state index contributed by atoms with van der Waals surface area (Å²) in [5.74, 6) is -0.697. The summed E-state index contributed by atoms with van der Waals surface area (Å²) in [5.41, 5.74) is 4.36. The van der Waals surface area contributed by atoms with E-state index in [2.05, 4.69) is 13.8 Å². The summed E-state index contributed by atoms with van der Waals surface area (Å²) < 4.78 is 10.8. The number of hydrogen-bond donors (Lipinski definition) is 0. The van der Waals surface area contributed by atoms with Crippen LogP contribution in [-0.4, -0.2) is 24.8 Å². The Morgan fingerprint density at radius 3 is 1.76 bits per heavy atom. The van der Waals surface area contributed by atoms with Crippen LogP contribution in [-0.2, 0) is 24.0 Å². The van der Waals surface area contributed by atoms with Crippen LogP contribution in [0, 0.1) is 0 Å². The lowest BCUT2D eigenvalue weighted by Gasteiger charge is -2.10. The molecule has 0 N–H and O–H groups in total. The van der Waals surface area contributed by atoms with E-state index in [0.717, 1.165) is 36.8 Å². The minimum Gasteiger partial charge on any atom is -0.462 e. The molecular formula is C29H30O5. The molecule has 3 aromatic carbocycles. The van der Waals surface area contributed by atoms with Crippen LogP contribution < -0.4 is 4.74 Å². The van der Waals surface area contributed by atoms with Crippen molar-refractivity contribution >= 4 is 18.2 Å². The number of esters is 2. The molecule has 0 aliphatic heterocycles. The summed E-state index contributed by atoms with van der Waals surface area (Å²) in [6, 6.07) is 19.7. The zero-order valence-corrected chi connectivity index (χ0v) is 19.7. The molecule has 0 unspecified atom stereocenters. The number of hydrogen-bond acceptors (Lipinski definition) is 5. The predicted octanol–water partition coefficient (Wildman–Crippen LogP) is 6.02. The largest absolute Gasteiger partial charge is 0.462 e. The molecule has 0 aromatic heterocycles. The molecule has 5 nitrogen and oxygen atoms in total. The third kappa shape index (κ3) is 6.88. The highest BCUT2D eigenvalue weighted by Gasteiger charge is 2.13. The molecule has 0 fully saturated rings. The van der Waals surface area contributed by atoms with Gasteiger partial charge in [0.25, 0.3) is 0 Å². The quantitative estimate of drug-likeness (QED) is 0.200. The number of carbonyl (C=O) groups is 3. The van der Waals surface area contributed by atoms with E-state index in [1.165, 1.54) is 5.56 Å². The Morgan fingerprint density at radius 2 is 1.24 bits per heavy atom. The topological polar surface area (TPSA) is 69.7 Å². The van der Waals surface area contributed by atoms with E-state index in [0.29, 0.717) is 23.8 Å². The highest BCUT2D eigenvalue weighted by molar-refractivity contribution is 5.92. The number of rotatable bonds is 11. The van der Waals surface area contributed by atoms with Gasteiger partial charge in [-0.3, -0.25) is 4.79 Å². The Balaban J connectivity index is 1.56. The van der Waals surface area contributed by atoms with Gasteiger partial charge in [-0.1, -0.05) is 57.0 Å². The number of benzene rings is 3. The molecule has 0 bridgehead atoms. The van der Waals surface area contributed by atoms with E-state index in [1.54, 1.807) is 42.5 Å². The van der Waals surface area contributed by atoms with Crippen LogP contribution in [0.5, 0.6) is 5.75 Å². The Labute approximate surface area is 200 Å². The van der Waals surface area contributed by atoms with Crippen molar-refractivity contribution in [3.8, 4) is 5.75 Å². The van der Waals surface area contributed by atoms with Gasteiger partial charge in [0.1, 0.15) is 5.75 Å².